The van der Waals surface area contributed by atoms with E-state index in [-0.39, 0.29) is 32.0 Å². The summed E-state index contributed by atoms with van der Waals surface area (Å²) in [6.07, 6.45) is -0.940. The first-order valence-corrected chi connectivity index (χ1v) is 5.34. The van der Waals surface area contributed by atoms with Crippen molar-refractivity contribution in [2.45, 2.75) is 25.9 Å². The van der Waals surface area contributed by atoms with E-state index < -0.39 is 18.0 Å². The predicted octanol–water partition coefficient (Wildman–Crippen LogP) is 0.0609. The molecular weight excluding hydrogens is 244 g/mol. The molecule has 0 saturated carbocycles. The van der Waals surface area contributed by atoms with Crippen LogP contribution >= 0.6 is 0 Å². The molecule has 0 amide bonds. The number of Topliss-reactive ketones (excluding diaryl/α,β-unsaturated/α-hetero) is 1. The summed E-state index contributed by atoms with van der Waals surface area (Å²) in [5.74, 6) is -1.33. The Kier molecular flexibility index (Phi) is 8.77. The number of rotatable bonds is 9. The molecule has 1 unspecified atom stereocenters. The van der Waals surface area contributed by atoms with Crippen molar-refractivity contribution in [3.05, 3.63) is 0 Å². The molecule has 0 N–H and O–H groups in total. The zero-order valence-corrected chi connectivity index (χ0v) is 10.8. The Morgan fingerprint density at radius 1 is 1.11 bits per heavy atom. The minimum Gasteiger partial charge on any atom is -0.467 e. The Hall–Kier alpha value is -1.47. The van der Waals surface area contributed by atoms with Crippen molar-refractivity contribution in [1.29, 1.82) is 0 Å². The zero-order valence-electron chi connectivity index (χ0n) is 10.8. The second kappa shape index (κ2) is 9.55. The van der Waals surface area contributed by atoms with Crippen molar-refractivity contribution in [2.24, 2.45) is 0 Å². The van der Waals surface area contributed by atoms with Crippen LogP contribution in [-0.4, -0.2) is 51.4 Å². The number of hydrogen-bond acceptors (Lipinski definition) is 7. The van der Waals surface area contributed by atoms with Crippen molar-refractivity contribution < 1.29 is 33.3 Å². The molecule has 0 radical (unpaired) electrons. The maximum absolute atomic E-state index is 11.2. The van der Waals surface area contributed by atoms with Gasteiger partial charge in [0.05, 0.1) is 13.5 Å². The largest absolute Gasteiger partial charge is 0.467 e. The van der Waals surface area contributed by atoms with Gasteiger partial charge in [-0.05, 0) is 6.92 Å². The number of methoxy groups -OCH3 is 2. The fourth-order valence-corrected chi connectivity index (χ4v) is 0.985. The van der Waals surface area contributed by atoms with Crippen molar-refractivity contribution in [3.8, 4) is 0 Å². The van der Waals surface area contributed by atoms with Crippen LogP contribution in [-0.2, 0) is 33.3 Å². The van der Waals surface area contributed by atoms with Crippen LogP contribution in [0.4, 0.5) is 0 Å². The number of carbonyl (C=O) groups excluding carboxylic acids is 3. The second-order valence-electron chi connectivity index (χ2n) is 3.47. The van der Waals surface area contributed by atoms with Gasteiger partial charge in [-0.3, -0.25) is 4.79 Å². The van der Waals surface area contributed by atoms with Crippen LogP contribution < -0.4 is 0 Å². The molecule has 0 saturated heterocycles. The first-order valence-electron chi connectivity index (χ1n) is 5.34. The minimum atomic E-state index is -1.03. The maximum Gasteiger partial charge on any atom is 0.338 e. The Labute approximate surface area is 105 Å². The minimum absolute atomic E-state index is 0.0203. The van der Waals surface area contributed by atoms with Gasteiger partial charge in [0, 0.05) is 13.5 Å². The first-order chi connectivity index (χ1) is 8.51. The van der Waals surface area contributed by atoms with E-state index in [9.17, 15) is 14.4 Å². The lowest BCUT2D eigenvalue weighted by molar-refractivity contribution is -0.172. The summed E-state index contributed by atoms with van der Waals surface area (Å²) in [4.78, 5) is 33.1. The molecule has 0 aromatic rings. The normalized spacial score (nSPS) is 11.7. The Morgan fingerprint density at radius 2 is 1.78 bits per heavy atom. The molecule has 1 atom stereocenters. The van der Waals surface area contributed by atoms with Gasteiger partial charge in [-0.15, -0.1) is 0 Å². The fraction of sp³-hybridized carbons (Fsp3) is 0.727. The Balaban J connectivity index is 4.04. The number of hydrogen-bond donors (Lipinski definition) is 0. The van der Waals surface area contributed by atoms with E-state index in [0.29, 0.717) is 0 Å². The SMILES string of the molecule is COCOC(COC(=O)CCC(C)=O)C(=O)OC. The average Bonchev–Trinajstić information content (AvgIpc) is 2.35. The lowest BCUT2D eigenvalue weighted by Crippen LogP contribution is -2.32. The van der Waals surface area contributed by atoms with Crippen molar-refractivity contribution >= 4 is 17.7 Å². The molecular formula is C11H18O7. The Morgan fingerprint density at radius 3 is 2.28 bits per heavy atom. The van der Waals surface area contributed by atoms with Crippen LogP contribution in [0.5, 0.6) is 0 Å². The van der Waals surface area contributed by atoms with Gasteiger partial charge in [0.15, 0.2) is 6.10 Å². The highest BCUT2D eigenvalue weighted by Gasteiger charge is 2.22. The van der Waals surface area contributed by atoms with Crippen molar-refractivity contribution in [3.63, 3.8) is 0 Å². The summed E-state index contributed by atoms with van der Waals surface area (Å²) in [7, 11) is 2.59. The van der Waals surface area contributed by atoms with E-state index in [1.807, 2.05) is 0 Å². The third-order valence-electron chi connectivity index (χ3n) is 1.93. The lowest BCUT2D eigenvalue weighted by atomic mass is 10.2. The number of carbonyl (C=O) groups is 3. The molecule has 0 rings (SSSR count). The van der Waals surface area contributed by atoms with Gasteiger partial charge < -0.3 is 23.7 Å². The van der Waals surface area contributed by atoms with Crippen LogP contribution in [0, 0.1) is 0 Å². The van der Waals surface area contributed by atoms with E-state index in [2.05, 4.69) is 9.47 Å². The number of esters is 2. The van der Waals surface area contributed by atoms with E-state index in [4.69, 9.17) is 9.47 Å². The highest BCUT2D eigenvalue weighted by atomic mass is 16.7. The second-order valence-corrected chi connectivity index (χ2v) is 3.47. The average molecular weight is 262 g/mol. The molecule has 0 aromatic carbocycles. The predicted molar refractivity (Wildman–Crippen MR) is 59.6 cm³/mol. The van der Waals surface area contributed by atoms with E-state index >= 15 is 0 Å². The molecule has 18 heavy (non-hydrogen) atoms. The van der Waals surface area contributed by atoms with E-state index in [1.54, 1.807) is 0 Å². The molecule has 0 aliphatic carbocycles. The van der Waals surface area contributed by atoms with Crippen LogP contribution in [0.1, 0.15) is 19.8 Å². The standard InChI is InChI=1S/C11H18O7/c1-8(12)4-5-10(13)17-6-9(11(14)16-3)18-7-15-2/h9H,4-7H2,1-3H3. The summed E-state index contributed by atoms with van der Waals surface area (Å²) in [5, 5.41) is 0. The number of ether oxygens (including phenoxy) is 4. The van der Waals surface area contributed by atoms with Gasteiger partial charge in [-0.25, -0.2) is 4.79 Å². The lowest BCUT2D eigenvalue weighted by Gasteiger charge is -2.14. The van der Waals surface area contributed by atoms with E-state index in [1.165, 1.54) is 21.1 Å². The van der Waals surface area contributed by atoms with Gasteiger partial charge in [-0.1, -0.05) is 0 Å². The monoisotopic (exact) mass is 262 g/mol. The summed E-state index contributed by atoms with van der Waals surface area (Å²) in [5.41, 5.74) is 0. The summed E-state index contributed by atoms with van der Waals surface area (Å²) in [6.45, 7) is 0.990. The third-order valence-corrected chi connectivity index (χ3v) is 1.93. The van der Waals surface area contributed by atoms with E-state index in [0.717, 1.165) is 0 Å². The van der Waals surface area contributed by atoms with Crippen LogP contribution in [0.2, 0.25) is 0 Å². The maximum atomic E-state index is 11.2. The van der Waals surface area contributed by atoms with Crippen molar-refractivity contribution in [2.75, 3.05) is 27.6 Å². The Bertz CT molecular complexity index is 287. The van der Waals surface area contributed by atoms with Gasteiger partial charge in [0.2, 0.25) is 0 Å². The van der Waals surface area contributed by atoms with Crippen molar-refractivity contribution in [1.82, 2.24) is 0 Å². The zero-order chi connectivity index (χ0) is 14.0. The molecule has 7 heteroatoms. The first kappa shape index (κ1) is 16.5. The highest BCUT2D eigenvalue weighted by molar-refractivity contribution is 5.81. The third kappa shape index (κ3) is 7.75. The molecule has 0 spiro atoms. The number of ketones is 1. The molecule has 104 valence electrons. The molecule has 0 aliphatic rings. The molecule has 0 aromatic heterocycles. The molecule has 0 bridgehead atoms. The van der Waals surface area contributed by atoms with Crippen LogP contribution in [0.3, 0.4) is 0 Å². The van der Waals surface area contributed by atoms with Crippen LogP contribution in [0.25, 0.3) is 0 Å². The summed E-state index contributed by atoms with van der Waals surface area (Å²) < 4.78 is 18.9. The molecule has 0 fully saturated rings. The summed E-state index contributed by atoms with van der Waals surface area (Å²) in [6, 6.07) is 0. The smallest absolute Gasteiger partial charge is 0.338 e. The molecule has 0 heterocycles. The fourth-order valence-electron chi connectivity index (χ4n) is 0.985. The topological polar surface area (TPSA) is 88.1 Å². The van der Waals surface area contributed by atoms with Gasteiger partial charge in [0.25, 0.3) is 0 Å². The summed E-state index contributed by atoms with van der Waals surface area (Å²) >= 11 is 0. The van der Waals surface area contributed by atoms with Gasteiger partial charge >= 0.3 is 11.9 Å². The molecule has 7 nitrogen and oxygen atoms in total. The quantitative estimate of drug-likeness (QED) is 0.429. The van der Waals surface area contributed by atoms with Crippen LogP contribution in [0.15, 0.2) is 0 Å². The highest BCUT2D eigenvalue weighted by Crippen LogP contribution is 2.00. The molecule has 0 aliphatic heterocycles. The van der Waals surface area contributed by atoms with Gasteiger partial charge in [0.1, 0.15) is 19.2 Å². The van der Waals surface area contributed by atoms with Gasteiger partial charge in [-0.2, -0.15) is 0 Å².